The highest BCUT2D eigenvalue weighted by molar-refractivity contribution is 6.30. The molecule has 4 nitrogen and oxygen atoms in total. The average molecular weight is 212 g/mol. The van der Waals surface area contributed by atoms with Gasteiger partial charge in [0.15, 0.2) is 6.04 Å². The van der Waals surface area contributed by atoms with Crippen LogP contribution in [0.1, 0.15) is 11.6 Å². The van der Waals surface area contributed by atoms with Gasteiger partial charge >= 0.3 is 12.1 Å². The van der Waals surface area contributed by atoms with E-state index in [0.717, 1.165) is 0 Å². The minimum atomic E-state index is -0.735. The molecule has 0 aliphatic carbocycles. The van der Waals surface area contributed by atoms with E-state index in [1.807, 2.05) is 0 Å². The lowest BCUT2D eigenvalue weighted by molar-refractivity contribution is -0.135. The Bertz CT molecular complexity index is 405. The van der Waals surface area contributed by atoms with Crippen molar-refractivity contribution in [3.8, 4) is 0 Å². The largest absolute Gasteiger partial charge is 0.415 e. The molecular formula is C9H6ClNO3. The van der Waals surface area contributed by atoms with E-state index >= 15 is 0 Å². The Kier molecular flexibility index (Phi) is 2.13. The number of hydrogen-bond donors (Lipinski definition) is 1. The van der Waals surface area contributed by atoms with Gasteiger partial charge in [-0.15, -0.1) is 0 Å². The van der Waals surface area contributed by atoms with Crippen molar-refractivity contribution < 1.29 is 14.3 Å². The molecule has 1 N–H and O–H groups in total. The predicted molar refractivity (Wildman–Crippen MR) is 48.8 cm³/mol. The highest BCUT2D eigenvalue weighted by Crippen LogP contribution is 2.22. The Balaban J connectivity index is 2.31. The van der Waals surface area contributed by atoms with Crippen LogP contribution in [0.4, 0.5) is 4.79 Å². The minimum absolute atomic E-state index is 0.511. The van der Waals surface area contributed by atoms with Crippen molar-refractivity contribution in [1.82, 2.24) is 5.32 Å². The number of ether oxygens (including phenoxy) is 1. The molecular weight excluding hydrogens is 206 g/mol. The number of halogens is 1. The monoisotopic (exact) mass is 211 g/mol. The molecule has 1 aromatic rings. The predicted octanol–water partition coefficient (Wildman–Crippen LogP) is 1.65. The molecule has 14 heavy (non-hydrogen) atoms. The lowest BCUT2D eigenvalue weighted by Gasteiger charge is -2.05. The molecule has 1 atom stereocenters. The maximum atomic E-state index is 11.1. The van der Waals surface area contributed by atoms with E-state index in [2.05, 4.69) is 10.1 Å². The molecule has 0 aromatic heterocycles. The van der Waals surface area contributed by atoms with Crippen molar-refractivity contribution in [2.45, 2.75) is 6.04 Å². The molecule has 1 saturated heterocycles. The van der Waals surface area contributed by atoms with E-state index < -0.39 is 18.1 Å². The first-order valence-electron chi connectivity index (χ1n) is 3.94. The summed E-state index contributed by atoms with van der Waals surface area (Å²) in [6.07, 6.45) is -0.722. The first-order chi connectivity index (χ1) is 6.66. The number of benzene rings is 1. The molecule has 1 amide bonds. The maximum absolute atomic E-state index is 11.1. The Morgan fingerprint density at radius 1 is 1.36 bits per heavy atom. The first kappa shape index (κ1) is 9.02. The van der Waals surface area contributed by atoms with E-state index in [1.165, 1.54) is 0 Å². The molecule has 0 saturated carbocycles. The normalized spacial score (nSPS) is 20.5. The van der Waals surface area contributed by atoms with Gasteiger partial charge < -0.3 is 10.1 Å². The van der Waals surface area contributed by atoms with Crippen LogP contribution in [0.15, 0.2) is 24.3 Å². The topological polar surface area (TPSA) is 55.4 Å². The third-order valence-corrected chi connectivity index (χ3v) is 2.11. The Labute approximate surface area is 84.8 Å². The lowest BCUT2D eigenvalue weighted by atomic mass is 10.1. The standard InChI is InChI=1S/C9H6ClNO3/c10-6-3-1-2-5(4-6)7-8(12)14-9(13)11-7/h1-4,7H,(H,11,13). The summed E-state index contributed by atoms with van der Waals surface area (Å²) >= 11 is 5.74. The van der Waals surface area contributed by atoms with Crippen LogP contribution in [0.2, 0.25) is 5.02 Å². The van der Waals surface area contributed by atoms with Crippen LogP contribution in [0.25, 0.3) is 0 Å². The van der Waals surface area contributed by atoms with E-state index in [-0.39, 0.29) is 0 Å². The number of nitrogens with one attached hydrogen (secondary N) is 1. The van der Waals surface area contributed by atoms with Crippen molar-refractivity contribution >= 4 is 23.7 Å². The zero-order valence-corrected chi connectivity index (χ0v) is 7.75. The van der Waals surface area contributed by atoms with E-state index in [0.29, 0.717) is 10.6 Å². The fourth-order valence-corrected chi connectivity index (χ4v) is 1.46. The molecule has 0 radical (unpaired) electrons. The summed E-state index contributed by atoms with van der Waals surface area (Å²) in [6, 6.07) is 5.96. The van der Waals surface area contributed by atoms with Crippen LogP contribution in [0.5, 0.6) is 0 Å². The van der Waals surface area contributed by atoms with Crippen molar-refractivity contribution in [2.24, 2.45) is 0 Å². The first-order valence-corrected chi connectivity index (χ1v) is 4.32. The molecule has 5 heteroatoms. The van der Waals surface area contributed by atoms with Crippen molar-refractivity contribution in [3.63, 3.8) is 0 Å². The smallest absolute Gasteiger partial charge is 0.374 e. The molecule has 0 spiro atoms. The van der Waals surface area contributed by atoms with Crippen molar-refractivity contribution in [1.29, 1.82) is 0 Å². The molecule has 1 heterocycles. The molecule has 1 aliphatic heterocycles. The number of carbonyl (C=O) groups is 2. The number of cyclic esters (lactones) is 2. The zero-order valence-electron chi connectivity index (χ0n) is 6.99. The quantitative estimate of drug-likeness (QED) is 0.568. The highest BCUT2D eigenvalue weighted by atomic mass is 35.5. The maximum Gasteiger partial charge on any atom is 0.415 e. The van der Waals surface area contributed by atoms with Gasteiger partial charge in [-0.05, 0) is 17.7 Å². The Morgan fingerprint density at radius 3 is 2.71 bits per heavy atom. The summed E-state index contributed by atoms with van der Waals surface area (Å²) in [4.78, 5) is 21.9. The number of carbonyl (C=O) groups excluding carboxylic acids is 2. The van der Waals surface area contributed by atoms with Crippen LogP contribution in [-0.2, 0) is 9.53 Å². The van der Waals surface area contributed by atoms with Crippen LogP contribution < -0.4 is 5.32 Å². The number of esters is 1. The molecule has 1 unspecified atom stereocenters. The fourth-order valence-electron chi connectivity index (χ4n) is 1.26. The van der Waals surface area contributed by atoms with Gasteiger partial charge in [0.25, 0.3) is 0 Å². The summed E-state index contributed by atoms with van der Waals surface area (Å²) in [5, 5.41) is 2.89. The van der Waals surface area contributed by atoms with Gasteiger partial charge in [0.2, 0.25) is 0 Å². The minimum Gasteiger partial charge on any atom is -0.374 e. The second kappa shape index (κ2) is 3.31. The van der Waals surface area contributed by atoms with Gasteiger partial charge in [0.1, 0.15) is 0 Å². The van der Waals surface area contributed by atoms with Crippen LogP contribution in [0.3, 0.4) is 0 Å². The summed E-state index contributed by atoms with van der Waals surface area (Å²) in [7, 11) is 0. The fraction of sp³-hybridized carbons (Fsp3) is 0.111. The van der Waals surface area contributed by atoms with Gasteiger partial charge in [0, 0.05) is 5.02 Å². The third kappa shape index (κ3) is 1.56. The van der Waals surface area contributed by atoms with Gasteiger partial charge in [-0.25, -0.2) is 9.59 Å². The number of alkyl carbamates (subject to hydrolysis) is 1. The van der Waals surface area contributed by atoms with Gasteiger partial charge in [-0.1, -0.05) is 23.7 Å². The molecule has 1 aromatic carbocycles. The van der Waals surface area contributed by atoms with E-state index in [9.17, 15) is 9.59 Å². The molecule has 0 bridgehead atoms. The number of amides is 1. The lowest BCUT2D eigenvalue weighted by Crippen LogP contribution is -2.19. The highest BCUT2D eigenvalue weighted by Gasteiger charge is 2.33. The van der Waals surface area contributed by atoms with E-state index in [1.54, 1.807) is 24.3 Å². The summed E-state index contributed by atoms with van der Waals surface area (Å²) in [5.74, 6) is -0.600. The van der Waals surface area contributed by atoms with Gasteiger partial charge in [0.05, 0.1) is 0 Å². The second-order valence-corrected chi connectivity index (χ2v) is 3.28. The summed E-state index contributed by atoms with van der Waals surface area (Å²) < 4.78 is 4.34. The van der Waals surface area contributed by atoms with Crippen LogP contribution in [-0.4, -0.2) is 12.1 Å². The second-order valence-electron chi connectivity index (χ2n) is 2.84. The summed E-state index contributed by atoms with van der Waals surface area (Å²) in [5.41, 5.74) is 0.619. The van der Waals surface area contributed by atoms with Crippen LogP contribution in [0, 0.1) is 0 Å². The van der Waals surface area contributed by atoms with Crippen LogP contribution >= 0.6 is 11.6 Å². The third-order valence-electron chi connectivity index (χ3n) is 1.87. The Hall–Kier alpha value is -1.55. The Morgan fingerprint density at radius 2 is 2.14 bits per heavy atom. The van der Waals surface area contributed by atoms with E-state index in [4.69, 9.17) is 11.6 Å². The molecule has 72 valence electrons. The summed E-state index contributed by atoms with van der Waals surface area (Å²) in [6.45, 7) is 0. The van der Waals surface area contributed by atoms with Gasteiger partial charge in [-0.2, -0.15) is 0 Å². The SMILES string of the molecule is O=C1NC(c2cccc(Cl)c2)C(=O)O1. The zero-order chi connectivity index (χ0) is 10.1. The number of hydrogen-bond acceptors (Lipinski definition) is 3. The molecule has 2 rings (SSSR count). The van der Waals surface area contributed by atoms with Crippen molar-refractivity contribution in [3.05, 3.63) is 34.9 Å². The average Bonchev–Trinajstić information content (AvgIpc) is 2.45. The van der Waals surface area contributed by atoms with Gasteiger partial charge in [-0.3, -0.25) is 0 Å². The van der Waals surface area contributed by atoms with Crippen molar-refractivity contribution in [2.75, 3.05) is 0 Å². The number of rotatable bonds is 1. The molecule has 1 fully saturated rings. The molecule has 1 aliphatic rings.